The van der Waals surface area contributed by atoms with Crippen molar-refractivity contribution in [3.8, 4) is 5.75 Å². The van der Waals surface area contributed by atoms with E-state index in [9.17, 15) is 12.8 Å². The lowest BCUT2D eigenvalue weighted by molar-refractivity contribution is 0.231. The third kappa shape index (κ3) is 7.72. The Hall–Kier alpha value is -3.08. The summed E-state index contributed by atoms with van der Waals surface area (Å²) in [4.78, 5) is 11.5. The van der Waals surface area contributed by atoms with Crippen molar-refractivity contribution in [3.05, 3.63) is 71.3 Å². The number of nitrogens with zero attached hydrogens (tertiary/aromatic N) is 3. The molecular formula is C28H36FN5O3S. The minimum Gasteiger partial charge on any atom is -0.489 e. The number of ether oxygens (including phenoxy) is 1. The van der Waals surface area contributed by atoms with Gasteiger partial charge in [0.05, 0.1) is 10.6 Å². The number of anilines is 2. The maximum Gasteiger partial charge on any atom is 0.241 e. The van der Waals surface area contributed by atoms with Crippen molar-refractivity contribution in [2.24, 2.45) is 0 Å². The van der Waals surface area contributed by atoms with Crippen molar-refractivity contribution < 1.29 is 17.5 Å². The van der Waals surface area contributed by atoms with E-state index in [1.807, 2.05) is 13.0 Å². The first kappa shape index (κ1) is 27.9. The molecule has 4 rings (SSSR count). The zero-order valence-corrected chi connectivity index (χ0v) is 23.2. The number of likely N-dealkylation sites (tertiary alicyclic amines) is 1. The van der Waals surface area contributed by atoms with E-state index in [2.05, 4.69) is 24.9 Å². The summed E-state index contributed by atoms with van der Waals surface area (Å²) in [6, 6.07) is 11.5. The topological polar surface area (TPSA) is 96.5 Å². The van der Waals surface area contributed by atoms with Gasteiger partial charge in [0, 0.05) is 36.5 Å². The van der Waals surface area contributed by atoms with E-state index in [4.69, 9.17) is 4.74 Å². The second-order valence-electron chi connectivity index (χ2n) is 10.7. The molecule has 0 amide bonds. The van der Waals surface area contributed by atoms with Crippen LogP contribution in [0.15, 0.2) is 53.6 Å². The molecule has 8 nitrogen and oxygen atoms in total. The van der Waals surface area contributed by atoms with Crippen LogP contribution in [0, 0.1) is 12.7 Å². The van der Waals surface area contributed by atoms with Crippen LogP contribution >= 0.6 is 0 Å². The monoisotopic (exact) mass is 541 g/mol. The number of halogens is 1. The summed E-state index contributed by atoms with van der Waals surface area (Å²) in [5, 5.41) is 3.06. The van der Waals surface area contributed by atoms with E-state index in [1.165, 1.54) is 18.9 Å². The lowest BCUT2D eigenvalue weighted by Crippen LogP contribution is -2.40. The van der Waals surface area contributed by atoms with Crippen molar-refractivity contribution in [3.63, 3.8) is 0 Å². The predicted molar refractivity (Wildman–Crippen MR) is 147 cm³/mol. The summed E-state index contributed by atoms with van der Waals surface area (Å²) < 4.78 is 48.5. The second kappa shape index (κ2) is 11.8. The van der Waals surface area contributed by atoms with Gasteiger partial charge >= 0.3 is 0 Å². The highest BCUT2D eigenvalue weighted by Gasteiger charge is 2.22. The fourth-order valence-electron chi connectivity index (χ4n) is 4.31. The molecule has 1 aliphatic rings. The average Bonchev–Trinajstić information content (AvgIpc) is 3.35. The fraction of sp³-hybridized carbons (Fsp3) is 0.429. The van der Waals surface area contributed by atoms with Gasteiger partial charge in [-0.25, -0.2) is 27.5 Å². The van der Waals surface area contributed by atoms with Crippen LogP contribution in [0.2, 0.25) is 0 Å². The Morgan fingerprint density at radius 1 is 1.11 bits per heavy atom. The minimum atomic E-state index is -3.65. The molecule has 3 aromatic rings. The van der Waals surface area contributed by atoms with Crippen LogP contribution in [0.4, 0.5) is 16.0 Å². The van der Waals surface area contributed by atoms with Gasteiger partial charge in [-0.15, -0.1) is 0 Å². The Morgan fingerprint density at radius 2 is 1.87 bits per heavy atom. The van der Waals surface area contributed by atoms with Gasteiger partial charge in [-0.3, -0.25) is 4.90 Å². The summed E-state index contributed by atoms with van der Waals surface area (Å²) in [6.45, 7) is 10.7. The number of aryl methyl sites for hydroxylation is 1. The third-order valence-electron chi connectivity index (χ3n) is 6.15. The molecule has 2 N–H and O–H groups in total. The summed E-state index contributed by atoms with van der Waals surface area (Å²) in [6.07, 6.45) is 4.53. The molecule has 1 fully saturated rings. The van der Waals surface area contributed by atoms with Gasteiger partial charge in [0.1, 0.15) is 6.61 Å². The zero-order chi connectivity index (χ0) is 27.3. The summed E-state index contributed by atoms with van der Waals surface area (Å²) in [5.74, 6) is 0.0903. The maximum atomic E-state index is 14.6. The van der Waals surface area contributed by atoms with Crippen molar-refractivity contribution in [2.45, 2.75) is 57.4 Å². The smallest absolute Gasteiger partial charge is 0.241 e. The largest absolute Gasteiger partial charge is 0.489 e. The lowest BCUT2D eigenvalue weighted by Gasteiger charge is -2.20. The van der Waals surface area contributed by atoms with Gasteiger partial charge in [-0.2, -0.15) is 0 Å². The summed E-state index contributed by atoms with van der Waals surface area (Å²) in [7, 11) is -3.65. The second-order valence-corrected chi connectivity index (χ2v) is 12.4. The lowest BCUT2D eigenvalue weighted by atomic mass is 10.1. The number of hydrogen-bond donors (Lipinski definition) is 2. The summed E-state index contributed by atoms with van der Waals surface area (Å²) >= 11 is 0. The Morgan fingerprint density at radius 3 is 2.58 bits per heavy atom. The van der Waals surface area contributed by atoms with Crippen molar-refractivity contribution >= 4 is 21.7 Å². The highest BCUT2D eigenvalue weighted by Crippen LogP contribution is 2.24. The molecule has 0 radical (unpaired) electrons. The molecule has 204 valence electrons. The molecule has 38 heavy (non-hydrogen) atoms. The molecule has 0 saturated carbocycles. The normalized spacial score (nSPS) is 14.6. The molecule has 0 atom stereocenters. The summed E-state index contributed by atoms with van der Waals surface area (Å²) in [5.41, 5.74) is 2.32. The van der Waals surface area contributed by atoms with Crippen LogP contribution in [-0.4, -0.2) is 55.1 Å². The zero-order valence-electron chi connectivity index (χ0n) is 22.4. The van der Waals surface area contributed by atoms with E-state index >= 15 is 0 Å². The quantitative estimate of drug-likeness (QED) is 0.380. The van der Waals surface area contributed by atoms with E-state index in [0.29, 0.717) is 24.7 Å². The first-order valence-electron chi connectivity index (χ1n) is 12.9. The van der Waals surface area contributed by atoms with Gasteiger partial charge in [0.25, 0.3) is 0 Å². The average molecular weight is 542 g/mol. The fourth-order valence-corrected chi connectivity index (χ4v) is 5.80. The molecule has 10 heteroatoms. The Kier molecular flexibility index (Phi) is 8.64. The molecular weight excluding hydrogens is 505 g/mol. The van der Waals surface area contributed by atoms with E-state index < -0.39 is 21.4 Å². The van der Waals surface area contributed by atoms with E-state index in [-0.39, 0.29) is 10.6 Å². The van der Waals surface area contributed by atoms with Crippen molar-refractivity contribution in [1.82, 2.24) is 19.6 Å². The highest BCUT2D eigenvalue weighted by molar-refractivity contribution is 7.89. The molecule has 0 aliphatic carbocycles. The van der Waals surface area contributed by atoms with E-state index in [0.717, 1.165) is 36.5 Å². The molecule has 1 saturated heterocycles. The number of hydrogen-bond acceptors (Lipinski definition) is 7. The molecule has 2 aromatic carbocycles. The number of nitrogens with one attached hydrogen (secondary N) is 2. The molecule has 1 aromatic heterocycles. The van der Waals surface area contributed by atoms with Gasteiger partial charge < -0.3 is 10.1 Å². The number of rotatable bonds is 10. The minimum absolute atomic E-state index is 0.202. The molecule has 0 unspecified atom stereocenters. The molecule has 2 heterocycles. The number of aromatic nitrogens is 2. The number of sulfonamides is 1. The van der Waals surface area contributed by atoms with Crippen LogP contribution < -0.4 is 14.8 Å². The van der Waals surface area contributed by atoms with Gasteiger partial charge in [0.15, 0.2) is 11.6 Å². The first-order chi connectivity index (χ1) is 18.0. The van der Waals surface area contributed by atoms with Gasteiger partial charge in [-0.05, 0) is 89.0 Å². The van der Waals surface area contributed by atoms with Crippen LogP contribution in [0.3, 0.4) is 0 Å². The third-order valence-corrected chi connectivity index (χ3v) is 7.90. The Balaban J connectivity index is 1.43. The van der Waals surface area contributed by atoms with Crippen LogP contribution in [0.1, 0.15) is 50.4 Å². The van der Waals surface area contributed by atoms with Crippen LogP contribution in [-0.2, 0) is 16.4 Å². The SMILES string of the molecule is Cc1cnc(Nc2ccc(OCCN3CCCC3)c(F)c2)nc1Cc1cccc(S(=O)(=O)NC(C)(C)C)c1. The first-order valence-corrected chi connectivity index (χ1v) is 14.3. The van der Waals surface area contributed by atoms with Crippen molar-refractivity contribution in [2.75, 3.05) is 31.6 Å². The standard InChI is InChI=1S/C28H36FN5O3S/c1-20-19-30-27(31-22-10-11-26(24(29)18-22)37-15-14-34-12-5-6-13-34)32-25(20)17-21-8-7-9-23(16-21)38(35,36)33-28(2,3)4/h7-11,16,18-19,33H,5-6,12-15,17H2,1-4H3,(H,30,31,32). The predicted octanol–water partition coefficient (Wildman–Crippen LogP) is 4.81. The Labute approximate surface area is 224 Å². The Bertz CT molecular complexity index is 1370. The van der Waals surface area contributed by atoms with Crippen LogP contribution in [0.5, 0.6) is 5.75 Å². The van der Waals surface area contributed by atoms with Crippen molar-refractivity contribution in [1.29, 1.82) is 0 Å². The molecule has 0 spiro atoms. The number of benzene rings is 2. The van der Waals surface area contributed by atoms with Gasteiger partial charge in [0.2, 0.25) is 16.0 Å². The highest BCUT2D eigenvalue weighted by atomic mass is 32.2. The molecule has 1 aliphatic heterocycles. The van der Waals surface area contributed by atoms with Crippen LogP contribution in [0.25, 0.3) is 0 Å². The van der Waals surface area contributed by atoms with Gasteiger partial charge in [-0.1, -0.05) is 12.1 Å². The maximum absolute atomic E-state index is 14.6. The van der Waals surface area contributed by atoms with E-state index in [1.54, 1.807) is 57.3 Å². The molecule has 0 bridgehead atoms.